The van der Waals surface area contributed by atoms with Gasteiger partial charge in [-0.25, -0.2) is 9.79 Å². The molecule has 1 aromatic carbocycles. The molecule has 5 nitrogen and oxygen atoms in total. The maximum absolute atomic E-state index is 11.4. The van der Waals surface area contributed by atoms with Gasteiger partial charge in [0.15, 0.2) is 11.6 Å². The summed E-state index contributed by atoms with van der Waals surface area (Å²) in [4.78, 5) is 15.4. The lowest BCUT2D eigenvalue weighted by molar-refractivity contribution is -0.130. The van der Waals surface area contributed by atoms with Crippen LogP contribution in [0.3, 0.4) is 0 Å². The van der Waals surface area contributed by atoms with Crippen LogP contribution in [0, 0.1) is 0 Å². The molecule has 1 heterocycles. The zero-order valence-corrected chi connectivity index (χ0v) is 10.4. The van der Waals surface area contributed by atoms with Gasteiger partial charge >= 0.3 is 5.97 Å². The molecule has 0 atom stereocenters. The topological polar surface area (TPSA) is 57.1 Å². The largest absolute Gasteiger partial charge is 0.497 e. The normalized spacial score (nSPS) is 16.5. The molecule has 0 saturated heterocycles. The Kier molecular flexibility index (Phi) is 3.32. The molecule has 1 aliphatic heterocycles. The third-order valence-electron chi connectivity index (χ3n) is 2.40. The van der Waals surface area contributed by atoms with Gasteiger partial charge in [-0.15, -0.1) is 0 Å². The highest BCUT2D eigenvalue weighted by Crippen LogP contribution is 2.25. The van der Waals surface area contributed by atoms with Crippen molar-refractivity contribution in [1.29, 1.82) is 0 Å². The quantitative estimate of drug-likeness (QED) is 0.605. The SMILES string of the molecule is COc1cc(/C=C2/N=C(C)OC2=O)cc(OC)c1. The van der Waals surface area contributed by atoms with E-state index in [1.165, 1.54) is 0 Å². The summed E-state index contributed by atoms with van der Waals surface area (Å²) in [5, 5.41) is 0. The fourth-order valence-corrected chi connectivity index (χ4v) is 1.59. The van der Waals surface area contributed by atoms with Gasteiger partial charge in [0.2, 0.25) is 0 Å². The van der Waals surface area contributed by atoms with E-state index in [-0.39, 0.29) is 5.70 Å². The summed E-state index contributed by atoms with van der Waals surface area (Å²) in [7, 11) is 3.13. The summed E-state index contributed by atoms with van der Waals surface area (Å²) in [6.45, 7) is 1.63. The predicted molar refractivity (Wildman–Crippen MR) is 66.7 cm³/mol. The number of methoxy groups -OCH3 is 2. The Labute approximate surface area is 105 Å². The van der Waals surface area contributed by atoms with Gasteiger partial charge < -0.3 is 14.2 Å². The summed E-state index contributed by atoms with van der Waals surface area (Å²) in [5.74, 6) is 1.19. The second-order valence-corrected chi connectivity index (χ2v) is 3.70. The molecule has 0 bridgehead atoms. The molecule has 2 rings (SSSR count). The molecule has 94 valence electrons. The first-order valence-corrected chi connectivity index (χ1v) is 5.34. The van der Waals surface area contributed by atoms with E-state index >= 15 is 0 Å². The van der Waals surface area contributed by atoms with E-state index in [9.17, 15) is 4.79 Å². The number of hydrogen-bond acceptors (Lipinski definition) is 5. The van der Waals surface area contributed by atoms with Crippen molar-refractivity contribution >= 4 is 17.9 Å². The van der Waals surface area contributed by atoms with Crippen molar-refractivity contribution in [3.8, 4) is 11.5 Å². The van der Waals surface area contributed by atoms with Crippen LogP contribution in [0.25, 0.3) is 6.08 Å². The zero-order valence-electron chi connectivity index (χ0n) is 10.4. The molecule has 0 N–H and O–H groups in total. The van der Waals surface area contributed by atoms with E-state index in [2.05, 4.69) is 4.99 Å². The molecule has 1 aromatic rings. The van der Waals surface area contributed by atoms with Gasteiger partial charge in [-0.3, -0.25) is 0 Å². The Morgan fingerprint density at radius 3 is 2.22 bits per heavy atom. The van der Waals surface area contributed by atoms with Crippen molar-refractivity contribution < 1.29 is 19.0 Å². The first-order valence-electron chi connectivity index (χ1n) is 5.34. The summed E-state index contributed by atoms with van der Waals surface area (Å²) < 4.78 is 15.1. The summed E-state index contributed by atoms with van der Waals surface area (Å²) in [6, 6.07) is 5.32. The van der Waals surface area contributed by atoms with Gasteiger partial charge in [-0.2, -0.15) is 0 Å². The van der Waals surface area contributed by atoms with Gasteiger partial charge in [0.1, 0.15) is 11.5 Å². The number of rotatable bonds is 3. The predicted octanol–water partition coefficient (Wildman–Crippen LogP) is 2.02. The van der Waals surface area contributed by atoms with E-state index in [1.807, 2.05) is 0 Å². The van der Waals surface area contributed by atoms with Crippen molar-refractivity contribution in [2.24, 2.45) is 4.99 Å². The molecule has 0 unspecified atom stereocenters. The average Bonchev–Trinajstić information content (AvgIpc) is 2.67. The van der Waals surface area contributed by atoms with Gasteiger partial charge in [-0.1, -0.05) is 0 Å². The van der Waals surface area contributed by atoms with Crippen molar-refractivity contribution in [3.05, 3.63) is 29.5 Å². The maximum Gasteiger partial charge on any atom is 0.363 e. The Morgan fingerprint density at radius 2 is 1.78 bits per heavy atom. The lowest BCUT2D eigenvalue weighted by atomic mass is 10.1. The molecule has 0 aromatic heterocycles. The Bertz CT molecular complexity index is 524. The second kappa shape index (κ2) is 4.91. The molecule has 0 fully saturated rings. The number of nitrogens with zero attached hydrogens (tertiary/aromatic N) is 1. The van der Waals surface area contributed by atoms with Crippen molar-refractivity contribution in [2.45, 2.75) is 6.92 Å². The maximum atomic E-state index is 11.4. The monoisotopic (exact) mass is 247 g/mol. The number of hydrogen-bond donors (Lipinski definition) is 0. The Hall–Kier alpha value is -2.30. The van der Waals surface area contributed by atoms with Crippen LogP contribution < -0.4 is 9.47 Å². The van der Waals surface area contributed by atoms with Crippen molar-refractivity contribution in [2.75, 3.05) is 14.2 Å². The van der Waals surface area contributed by atoms with E-state index in [0.29, 0.717) is 17.4 Å². The zero-order chi connectivity index (χ0) is 13.1. The summed E-state index contributed by atoms with van der Waals surface area (Å²) in [6.07, 6.45) is 1.63. The highest BCUT2D eigenvalue weighted by atomic mass is 16.6. The van der Waals surface area contributed by atoms with Crippen LogP contribution in [0.1, 0.15) is 12.5 Å². The molecule has 5 heteroatoms. The fraction of sp³-hybridized carbons (Fsp3) is 0.231. The number of ether oxygens (including phenoxy) is 3. The highest BCUT2D eigenvalue weighted by Gasteiger charge is 2.19. The van der Waals surface area contributed by atoms with Crippen LogP contribution in [0.15, 0.2) is 28.9 Å². The summed E-state index contributed by atoms with van der Waals surface area (Å²) >= 11 is 0. The number of esters is 1. The molecule has 0 saturated carbocycles. The van der Waals surface area contributed by atoms with Crippen LogP contribution in [0.4, 0.5) is 0 Å². The molecule has 0 radical (unpaired) electrons. The average molecular weight is 247 g/mol. The number of carbonyl (C=O) groups is 1. The van der Waals surface area contributed by atoms with Gasteiger partial charge in [0, 0.05) is 13.0 Å². The minimum atomic E-state index is -0.450. The van der Waals surface area contributed by atoms with E-state index in [0.717, 1.165) is 5.56 Å². The number of benzene rings is 1. The number of cyclic esters (lactones) is 1. The molecule has 1 aliphatic rings. The smallest absolute Gasteiger partial charge is 0.363 e. The van der Waals surface area contributed by atoms with Crippen molar-refractivity contribution in [1.82, 2.24) is 0 Å². The van der Waals surface area contributed by atoms with Crippen LogP contribution in [-0.4, -0.2) is 26.1 Å². The molecule has 0 aliphatic carbocycles. The summed E-state index contributed by atoms with van der Waals surface area (Å²) in [5.41, 5.74) is 1.03. The molecular formula is C13H13NO4. The minimum absolute atomic E-state index is 0.266. The van der Waals surface area contributed by atoms with Crippen LogP contribution in [-0.2, 0) is 9.53 Å². The first kappa shape index (κ1) is 12.2. The minimum Gasteiger partial charge on any atom is -0.497 e. The lowest BCUT2D eigenvalue weighted by Crippen LogP contribution is -1.99. The van der Waals surface area contributed by atoms with Crippen molar-refractivity contribution in [3.63, 3.8) is 0 Å². The van der Waals surface area contributed by atoms with E-state index < -0.39 is 5.97 Å². The van der Waals surface area contributed by atoms with E-state index in [1.54, 1.807) is 45.4 Å². The Morgan fingerprint density at radius 1 is 1.17 bits per heavy atom. The Balaban J connectivity index is 2.39. The first-order chi connectivity index (χ1) is 8.62. The van der Waals surface area contributed by atoms with Gasteiger partial charge in [0.25, 0.3) is 0 Å². The molecule has 0 spiro atoms. The lowest BCUT2D eigenvalue weighted by Gasteiger charge is -2.05. The third-order valence-corrected chi connectivity index (χ3v) is 2.40. The number of aliphatic imine (C=N–C) groups is 1. The fourth-order valence-electron chi connectivity index (χ4n) is 1.59. The highest BCUT2D eigenvalue weighted by molar-refractivity contribution is 6.06. The van der Waals surface area contributed by atoms with E-state index in [4.69, 9.17) is 14.2 Å². The third kappa shape index (κ3) is 2.51. The van der Waals surface area contributed by atoms with Crippen LogP contribution in [0.5, 0.6) is 11.5 Å². The molecule has 0 amide bonds. The standard InChI is InChI=1S/C13H13NO4/c1-8-14-12(13(15)18-8)6-9-4-10(16-2)7-11(5-9)17-3/h4-7H,1-3H3/b12-6+. The number of carbonyl (C=O) groups excluding carboxylic acids is 1. The second-order valence-electron chi connectivity index (χ2n) is 3.70. The van der Waals surface area contributed by atoms with Gasteiger partial charge in [0.05, 0.1) is 14.2 Å². The van der Waals surface area contributed by atoms with Crippen LogP contribution >= 0.6 is 0 Å². The molecular weight excluding hydrogens is 234 g/mol. The molecule has 18 heavy (non-hydrogen) atoms. The van der Waals surface area contributed by atoms with Gasteiger partial charge in [-0.05, 0) is 23.8 Å². The van der Waals surface area contributed by atoms with Crippen LogP contribution in [0.2, 0.25) is 0 Å².